The number of hydrogen-bond acceptors (Lipinski definition) is 3. The summed E-state index contributed by atoms with van der Waals surface area (Å²) in [4.78, 5) is 0. The maximum Gasteiger partial charge on any atom is 0.0696 e. The molecule has 0 heterocycles. The van der Waals surface area contributed by atoms with Crippen molar-refractivity contribution >= 4 is 20.8 Å². The van der Waals surface area contributed by atoms with Crippen molar-refractivity contribution in [3.05, 3.63) is 0 Å². The monoisotopic (exact) mass is 183 g/mol. The summed E-state index contributed by atoms with van der Waals surface area (Å²) in [5, 5.41) is 17.7. The van der Waals surface area contributed by atoms with Gasteiger partial charge in [-0.15, -0.1) is 0 Å². The van der Waals surface area contributed by atoms with E-state index in [-0.39, 0.29) is 22.3 Å². The van der Waals surface area contributed by atoms with Crippen LogP contribution in [0.2, 0.25) is 0 Å². The third kappa shape index (κ3) is 4.29. The molecule has 62 valence electrons. The molecule has 5 heteroatoms. The molecular weight excluding hydrogens is 170 g/mol. The molecule has 3 nitrogen and oxygen atoms in total. The minimum Gasteiger partial charge on any atom is -0.395 e. The van der Waals surface area contributed by atoms with Gasteiger partial charge in [0, 0.05) is 0 Å². The Morgan fingerprint density at radius 2 is 2.20 bits per heavy atom. The summed E-state index contributed by atoms with van der Waals surface area (Å²) in [6.07, 6.45) is 1.27. The van der Waals surface area contributed by atoms with Crippen LogP contribution in [0.4, 0.5) is 0 Å². The molecule has 0 bridgehead atoms. The van der Waals surface area contributed by atoms with E-state index >= 15 is 0 Å². The second-order valence-corrected chi connectivity index (χ2v) is 4.75. The number of aliphatic hydroxyl groups excluding tert-OH is 2. The fraction of sp³-hybridized carbons (Fsp3) is 1.00. The molecule has 0 aromatic rings. The van der Waals surface area contributed by atoms with Gasteiger partial charge in [0.1, 0.15) is 0 Å². The highest BCUT2D eigenvalue weighted by molar-refractivity contribution is 8.27. The van der Waals surface area contributed by atoms with Gasteiger partial charge in [-0.05, 0) is 24.4 Å². The third-order valence-electron chi connectivity index (χ3n) is 1.10. The van der Waals surface area contributed by atoms with Crippen molar-refractivity contribution in [2.75, 3.05) is 12.9 Å². The van der Waals surface area contributed by atoms with Crippen LogP contribution in [0.3, 0.4) is 0 Å². The molecule has 0 saturated carbocycles. The smallest absolute Gasteiger partial charge is 0.0696 e. The Bertz CT molecular complexity index is 118. The first kappa shape index (κ1) is 10.4. The topological polar surface area (TPSA) is 52.5 Å². The van der Waals surface area contributed by atoms with Crippen molar-refractivity contribution in [3.8, 4) is 0 Å². The zero-order valence-corrected chi connectivity index (χ0v) is 7.71. The van der Waals surface area contributed by atoms with Crippen LogP contribution in [0.1, 0.15) is 6.92 Å². The van der Waals surface area contributed by atoms with Gasteiger partial charge in [-0.1, -0.05) is 9.64 Å². The second-order valence-electron chi connectivity index (χ2n) is 2.10. The first-order chi connectivity index (χ1) is 4.57. The Morgan fingerprint density at radius 1 is 1.70 bits per heavy atom. The lowest BCUT2D eigenvalue weighted by atomic mass is 10.2. The summed E-state index contributed by atoms with van der Waals surface area (Å²) in [7, 11) is -0.353. The van der Waals surface area contributed by atoms with Crippen LogP contribution in [0, 0.1) is 0 Å². The van der Waals surface area contributed by atoms with Crippen molar-refractivity contribution in [2.24, 2.45) is 0 Å². The first-order valence-electron chi connectivity index (χ1n) is 2.96. The quantitative estimate of drug-likeness (QED) is 0.520. The summed E-state index contributed by atoms with van der Waals surface area (Å²) in [5.74, 6) is 0. The van der Waals surface area contributed by atoms with Gasteiger partial charge in [0.05, 0.1) is 18.8 Å². The van der Waals surface area contributed by atoms with E-state index in [9.17, 15) is 0 Å². The van der Waals surface area contributed by atoms with Crippen molar-refractivity contribution in [3.63, 3.8) is 0 Å². The summed E-state index contributed by atoms with van der Waals surface area (Å²) in [6, 6.07) is -0.286. The molecule has 0 fully saturated rings. The van der Waals surface area contributed by atoms with E-state index in [4.69, 9.17) is 21.4 Å². The minimum absolute atomic E-state index is 0.0777. The highest BCUT2D eigenvalue weighted by atomic mass is 32.8. The van der Waals surface area contributed by atoms with Crippen LogP contribution < -0.4 is 4.72 Å². The van der Waals surface area contributed by atoms with Crippen LogP contribution in [0.25, 0.3) is 0 Å². The van der Waals surface area contributed by atoms with Gasteiger partial charge in [-0.2, -0.15) is 0 Å². The second kappa shape index (κ2) is 5.15. The Labute approximate surface area is 68.2 Å². The van der Waals surface area contributed by atoms with E-state index in [1.165, 1.54) is 0 Å². The first-order valence-corrected chi connectivity index (χ1v) is 5.52. The zero-order valence-electron chi connectivity index (χ0n) is 6.07. The van der Waals surface area contributed by atoms with Gasteiger partial charge >= 0.3 is 0 Å². The van der Waals surface area contributed by atoms with E-state index in [2.05, 4.69) is 4.72 Å². The van der Waals surface area contributed by atoms with E-state index in [1.54, 1.807) is 6.92 Å². The number of aliphatic hydroxyl groups is 2. The number of nitrogens with one attached hydrogen (secondary N) is 1. The average molecular weight is 183 g/mol. The zero-order chi connectivity index (χ0) is 8.15. The fourth-order valence-electron chi connectivity index (χ4n) is 0.501. The SMILES string of the molecule is C[C@@H](O)[C@H](CO)NS(C)=S. The molecule has 0 aromatic carbocycles. The summed E-state index contributed by atoms with van der Waals surface area (Å²) < 4.78 is 2.87. The molecule has 0 saturated heterocycles. The molecule has 0 aromatic heterocycles. The Morgan fingerprint density at radius 3 is 2.30 bits per heavy atom. The Kier molecular flexibility index (Phi) is 5.38. The number of hydrogen-bond donors (Lipinski definition) is 3. The minimum atomic E-state index is -0.553. The molecular formula is C5H13NO2S2. The average Bonchev–Trinajstić information content (AvgIpc) is 1.81. The fourth-order valence-corrected chi connectivity index (χ4v) is 1.57. The predicted octanol–water partition coefficient (Wildman–Crippen LogP) is -1.06. The van der Waals surface area contributed by atoms with Gasteiger partial charge in [0.25, 0.3) is 0 Å². The van der Waals surface area contributed by atoms with E-state index in [0.717, 1.165) is 0 Å². The maximum atomic E-state index is 9.00. The van der Waals surface area contributed by atoms with Crippen LogP contribution in [-0.2, 0) is 20.8 Å². The molecule has 0 aliphatic carbocycles. The maximum absolute atomic E-state index is 9.00. The van der Waals surface area contributed by atoms with Gasteiger partial charge in [0.15, 0.2) is 0 Å². The molecule has 3 N–H and O–H groups in total. The van der Waals surface area contributed by atoms with E-state index in [1.807, 2.05) is 6.26 Å². The lowest BCUT2D eigenvalue weighted by molar-refractivity contribution is 0.117. The van der Waals surface area contributed by atoms with Crippen LogP contribution >= 0.6 is 0 Å². The van der Waals surface area contributed by atoms with Crippen molar-refractivity contribution in [1.29, 1.82) is 0 Å². The molecule has 3 atom stereocenters. The normalized spacial score (nSPS) is 20.0. The molecule has 0 radical (unpaired) electrons. The standard InChI is InChI=1S/C5H13NO2S2/c1-4(8)5(3-7)6-10(2)9/h4-8H,3H2,1-2H3/t4-,5+,10?/m1/s1. The van der Waals surface area contributed by atoms with Crippen molar-refractivity contribution in [1.82, 2.24) is 4.72 Å². The highest BCUT2D eigenvalue weighted by Gasteiger charge is 2.12. The Balaban J connectivity index is 3.71. The molecule has 0 rings (SSSR count). The molecule has 0 spiro atoms. The largest absolute Gasteiger partial charge is 0.395 e. The highest BCUT2D eigenvalue weighted by Crippen LogP contribution is 1.91. The molecule has 10 heavy (non-hydrogen) atoms. The lowest BCUT2D eigenvalue weighted by Gasteiger charge is -2.17. The van der Waals surface area contributed by atoms with Gasteiger partial charge in [-0.25, -0.2) is 0 Å². The van der Waals surface area contributed by atoms with Gasteiger partial charge in [-0.3, -0.25) is 4.72 Å². The predicted molar refractivity (Wildman–Crippen MR) is 46.3 cm³/mol. The molecule has 0 amide bonds. The van der Waals surface area contributed by atoms with Crippen LogP contribution in [-0.4, -0.2) is 35.2 Å². The summed E-state index contributed by atoms with van der Waals surface area (Å²) >= 11 is 4.84. The van der Waals surface area contributed by atoms with Gasteiger partial charge < -0.3 is 10.2 Å². The lowest BCUT2D eigenvalue weighted by Crippen LogP contribution is -2.41. The van der Waals surface area contributed by atoms with Crippen LogP contribution in [0.15, 0.2) is 0 Å². The molecule has 0 aliphatic rings. The van der Waals surface area contributed by atoms with Gasteiger partial charge in [0.2, 0.25) is 0 Å². The summed E-state index contributed by atoms with van der Waals surface area (Å²) in [5.41, 5.74) is 0. The molecule has 0 aliphatic heterocycles. The third-order valence-corrected chi connectivity index (χ3v) is 2.02. The van der Waals surface area contributed by atoms with E-state index < -0.39 is 6.10 Å². The van der Waals surface area contributed by atoms with Crippen LogP contribution in [0.5, 0.6) is 0 Å². The summed E-state index contributed by atoms with van der Waals surface area (Å²) in [6.45, 7) is 1.54. The Hall–Kier alpha value is 0.450. The van der Waals surface area contributed by atoms with Crippen molar-refractivity contribution in [2.45, 2.75) is 19.1 Å². The molecule has 1 unspecified atom stereocenters. The number of rotatable bonds is 4. The van der Waals surface area contributed by atoms with Crippen molar-refractivity contribution < 1.29 is 10.2 Å². The van der Waals surface area contributed by atoms with E-state index in [0.29, 0.717) is 0 Å².